The molecule has 1 aromatic rings. The second-order valence-electron chi connectivity index (χ2n) is 4.85. The van der Waals surface area contributed by atoms with E-state index in [9.17, 15) is 4.79 Å². The van der Waals surface area contributed by atoms with E-state index >= 15 is 0 Å². The summed E-state index contributed by atoms with van der Waals surface area (Å²) in [6.07, 6.45) is 5.75. The van der Waals surface area contributed by atoms with Crippen LogP contribution >= 0.6 is 0 Å². The van der Waals surface area contributed by atoms with Gasteiger partial charge < -0.3 is 11.1 Å². The summed E-state index contributed by atoms with van der Waals surface area (Å²) in [5.74, 6) is 0.340. The number of nitrogens with one attached hydrogen (secondary N) is 1. The highest BCUT2D eigenvalue weighted by molar-refractivity contribution is 5.93. The minimum absolute atomic E-state index is 0.114. The molecule has 0 radical (unpaired) electrons. The van der Waals surface area contributed by atoms with Crippen molar-refractivity contribution in [3.63, 3.8) is 0 Å². The molecule has 0 saturated heterocycles. The number of aromatic nitrogens is 1. The topological polar surface area (TPSA) is 68.0 Å². The van der Waals surface area contributed by atoms with E-state index in [1.54, 1.807) is 6.20 Å². The third kappa shape index (κ3) is 1.80. The number of pyridine rings is 1. The van der Waals surface area contributed by atoms with Crippen LogP contribution in [0.5, 0.6) is 0 Å². The van der Waals surface area contributed by atoms with Crippen LogP contribution in [0.1, 0.15) is 31.4 Å². The monoisotopic (exact) mass is 217 g/mol. The van der Waals surface area contributed by atoms with Crippen molar-refractivity contribution >= 4 is 11.6 Å². The molecule has 2 aliphatic rings. The first-order valence-corrected chi connectivity index (χ1v) is 5.74. The van der Waals surface area contributed by atoms with E-state index in [1.807, 2.05) is 12.1 Å². The average molecular weight is 217 g/mol. The van der Waals surface area contributed by atoms with E-state index in [4.69, 9.17) is 5.73 Å². The molecule has 4 heteroatoms. The fraction of sp³-hybridized carbons (Fsp3) is 0.500. The van der Waals surface area contributed by atoms with Gasteiger partial charge in [-0.05, 0) is 37.8 Å². The Hall–Kier alpha value is -1.42. The maximum Gasteiger partial charge on any atom is 0.227 e. The molecule has 2 fully saturated rings. The molecular formula is C12H15N3O. The number of nitrogens with zero attached hydrogens (tertiary/aromatic N) is 1. The van der Waals surface area contributed by atoms with Gasteiger partial charge in [0.2, 0.25) is 5.91 Å². The molecule has 0 spiro atoms. The number of carbonyl (C=O) groups excluding carboxylic acids is 1. The number of rotatable bonds is 3. The van der Waals surface area contributed by atoms with Crippen molar-refractivity contribution in [1.29, 1.82) is 0 Å². The van der Waals surface area contributed by atoms with E-state index < -0.39 is 0 Å². The molecule has 1 aromatic heterocycles. The predicted molar refractivity (Wildman–Crippen MR) is 60.7 cm³/mol. The molecule has 84 valence electrons. The first kappa shape index (κ1) is 9.78. The Labute approximate surface area is 94.2 Å². The number of nitrogens with two attached hydrogens (primary N) is 1. The summed E-state index contributed by atoms with van der Waals surface area (Å²) in [5.41, 5.74) is 7.53. The highest BCUT2D eigenvalue weighted by Gasteiger charge is 2.41. The Morgan fingerprint density at radius 3 is 2.69 bits per heavy atom. The second kappa shape index (κ2) is 3.28. The molecule has 1 heterocycles. The molecule has 3 N–H and O–H groups in total. The first-order chi connectivity index (χ1) is 7.67. The smallest absolute Gasteiger partial charge is 0.227 e. The molecule has 0 unspecified atom stereocenters. The third-order valence-corrected chi connectivity index (χ3v) is 3.28. The Balaban J connectivity index is 1.69. The fourth-order valence-electron chi connectivity index (χ4n) is 1.74. The van der Waals surface area contributed by atoms with E-state index in [0.717, 1.165) is 37.1 Å². The summed E-state index contributed by atoms with van der Waals surface area (Å²) < 4.78 is 0. The summed E-state index contributed by atoms with van der Waals surface area (Å²) in [7, 11) is 0. The van der Waals surface area contributed by atoms with Crippen LogP contribution in [-0.2, 0) is 10.3 Å². The van der Waals surface area contributed by atoms with E-state index in [-0.39, 0.29) is 17.4 Å². The van der Waals surface area contributed by atoms with Crippen LogP contribution in [0.2, 0.25) is 0 Å². The zero-order chi connectivity index (χ0) is 11.2. The molecule has 0 aliphatic heterocycles. The van der Waals surface area contributed by atoms with E-state index in [0.29, 0.717) is 0 Å². The normalized spacial score (nSPS) is 21.6. The lowest BCUT2D eigenvalue weighted by atomic mass is 10.2. The van der Waals surface area contributed by atoms with Gasteiger partial charge in [0, 0.05) is 5.92 Å². The Kier molecular flexibility index (Phi) is 2.01. The minimum atomic E-state index is -0.195. The molecule has 2 aliphatic carbocycles. The molecule has 0 atom stereocenters. The number of anilines is 1. The molecule has 0 bridgehead atoms. The van der Waals surface area contributed by atoms with Crippen LogP contribution in [0, 0.1) is 5.92 Å². The number of hydrogen-bond donors (Lipinski definition) is 2. The summed E-state index contributed by atoms with van der Waals surface area (Å²) in [4.78, 5) is 15.8. The van der Waals surface area contributed by atoms with Crippen molar-refractivity contribution in [2.24, 2.45) is 11.7 Å². The lowest BCUT2D eigenvalue weighted by Crippen LogP contribution is -2.20. The maximum atomic E-state index is 11.5. The molecule has 3 rings (SSSR count). The van der Waals surface area contributed by atoms with Gasteiger partial charge in [-0.1, -0.05) is 0 Å². The molecule has 4 nitrogen and oxygen atoms in total. The fourth-order valence-corrected chi connectivity index (χ4v) is 1.74. The van der Waals surface area contributed by atoms with Crippen LogP contribution in [0.25, 0.3) is 0 Å². The average Bonchev–Trinajstić information content (AvgIpc) is 3.12. The number of amides is 1. The van der Waals surface area contributed by atoms with Crippen LogP contribution in [0.3, 0.4) is 0 Å². The molecule has 1 amide bonds. The lowest BCUT2D eigenvalue weighted by molar-refractivity contribution is -0.117. The van der Waals surface area contributed by atoms with Crippen molar-refractivity contribution in [2.45, 2.75) is 31.2 Å². The van der Waals surface area contributed by atoms with Crippen molar-refractivity contribution in [3.8, 4) is 0 Å². The van der Waals surface area contributed by atoms with Crippen LogP contribution in [0.15, 0.2) is 18.3 Å². The molecule has 16 heavy (non-hydrogen) atoms. The number of carbonyl (C=O) groups is 1. The highest BCUT2D eigenvalue weighted by atomic mass is 16.2. The van der Waals surface area contributed by atoms with Crippen molar-refractivity contribution < 1.29 is 4.79 Å². The van der Waals surface area contributed by atoms with Gasteiger partial charge in [-0.2, -0.15) is 0 Å². The highest BCUT2D eigenvalue weighted by Crippen LogP contribution is 2.41. The minimum Gasteiger partial charge on any atom is -0.324 e. The maximum absolute atomic E-state index is 11.5. The van der Waals surface area contributed by atoms with Crippen LogP contribution < -0.4 is 11.1 Å². The van der Waals surface area contributed by atoms with Gasteiger partial charge in [-0.3, -0.25) is 9.78 Å². The van der Waals surface area contributed by atoms with Crippen molar-refractivity contribution in [3.05, 3.63) is 24.0 Å². The summed E-state index contributed by atoms with van der Waals surface area (Å²) >= 11 is 0. The van der Waals surface area contributed by atoms with Gasteiger partial charge in [0.25, 0.3) is 0 Å². The zero-order valence-electron chi connectivity index (χ0n) is 9.07. The standard InChI is InChI=1S/C12H15N3O/c13-12(5-6-12)10-4-3-9(7-14-10)15-11(16)8-1-2-8/h3-4,7-8H,1-2,5-6,13H2,(H,15,16). The number of hydrogen-bond acceptors (Lipinski definition) is 3. The van der Waals surface area contributed by atoms with Gasteiger partial charge >= 0.3 is 0 Å². The zero-order valence-corrected chi connectivity index (χ0v) is 9.07. The van der Waals surface area contributed by atoms with Gasteiger partial charge in [0.05, 0.1) is 23.1 Å². The molecular weight excluding hydrogens is 202 g/mol. The van der Waals surface area contributed by atoms with Crippen LogP contribution in [-0.4, -0.2) is 10.9 Å². The lowest BCUT2D eigenvalue weighted by Gasteiger charge is -2.09. The SMILES string of the molecule is NC1(c2ccc(NC(=O)C3CC3)cn2)CC1. The van der Waals surface area contributed by atoms with Crippen molar-refractivity contribution in [2.75, 3.05) is 5.32 Å². The van der Waals surface area contributed by atoms with Crippen LogP contribution in [0.4, 0.5) is 5.69 Å². The third-order valence-electron chi connectivity index (χ3n) is 3.28. The summed E-state index contributed by atoms with van der Waals surface area (Å²) in [5, 5.41) is 2.86. The second-order valence-corrected chi connectivity index (χ2v) is 4.85. The Bertz CT molecular complexity index is 418. The predicted octanol–water partition coefficient (Wildman–Crippen LogP) is 1.38. The van der Waals surface area contributed by atoms with Gasteiger partial charge in [0.15, 0.2) is 0 Å². The Morgan fingerprint density at radius 1 is 1.44 bits per heavy atom. The van der Waals surface area contributed by atoms with Gasteiger partial charge in [-0.15, -0.1) is 0 Å². The molecule has 0 aromatic carbocycles. The first-order valence-electron chi connectivity index (χ1n) is 5.74. The summed E-state index contributed by atoms with van der Waals surface area (Å²) in [6, 6.07) is 3.80. The quantitative estimate of drug-likeness (QED) is 0.803. The van der Waals surface area contributed by atoms with Gasteiger partial charge in [-0.25, -0.2) is 0 Å². The van der Waals surface area contributed by atoms with E-state index in [1.165, 1.54) is 0 Å². The molecule has 2 saturated carbocycles. The van der Waals surface area contributed by atoms with E-state index in [2.05, 4.69) is 10.3 Å². The summed E-state index contributed by atoms with van der Waals surface area (Å²) in [6.45, 7) is 0. The largest absolute Gasteiger partial charge is 0.324 e. The van der Waals surface area contributed by atoms with Gasteiger partial charge in [0.1, 0.15) is 0 Å². The van der Waals surface area contributed by atoms with Crippen molar-refractivity contribution in [1.82, 2.24) is 4.98 Å². The Morgan fingerprint density at radius 2 is 2.19 bits per heavy atom.